The Hall–Kier alpha value is -2.86. The summed E-state index contributed by atoms with van der Waals surface area (Å²) in [5.74, 6) is -1.01. The molecule has 166 valence electrons. The number of rotatable bonds is 7. The van der Waals surface area contributed by atoms with E-state index >= 15 is 0 Å². The van der Waals surface area contributed by atoms with E-state index in [0.29, 0.717) is 11.3 Å². The number of thioether (sulfide) groups is 1. The van der Waals surface area contributed by atoms with Crippen molar-refractivity contribution < 1.29 is 24.0 Å². The predicted octanol–water partition coefficient (Wildman–Crippen LogP) is 1.26. The van der Waals surface area contributed by atoms with Gasteiger partial charge in [0, 0.05) is 17.3 Å². The maximum atomic E-state index is 12.7. The predicted molar refractivity (Wildman–Crippen MR) is 118 cm³/mol. The van der Waals surface area contributed by atoms with E-state index in [2.05, 4.69) is 15.5 Å². The van der Waals surface area contributed by atoms with Crippen LogP contribution in [0.25, 0.3) is 0 Å². The maximum absolute atomic E-state index is 12.7. The van der Waals surface area contributed by atoms with Gasteiger partial charge in [-0.3, -0.25) is 9.59 Å². The summed E-state index contributed by atoms with van der Waals surface area (Å²) in [5, 5.41) is 7.92. The van der Waals surface area contributed by atoms with Crippen LogP contribution >= 0.6 is 23.1 Å². The van der Waals surface area contributed by atoms with Crippen molar-refractivity contribution in [1.29, 1.82) is 0 Å². The van der Waals surface area contributed by atoms with E-state index in [4.69, 9.17) is 15.3 Å². The van der Waals surface area contributed by atoms with Gasteiger partial charge in [-0.1, -0.05) is 10.7 Å². The summed E-state index contributed by atoms with van der Waals surface area (Å²) in [4.78, 5) is 47.7. The third-order valence-corrected chi connectivity index (χ3v) is 6.76. The Morgan fingerprint density at radius 1 is 1.39 bits per heavy atom. The van der Waals surface area contributed by atoms with Crippen LogP contribution in [0.5, 0.6) is 0 Å². The Morgan fingerprint density at radius 3 is 2.74 bits per heavy atom. The molecule has 0 spiro atoms. The molecule has 12 heteroatoms. The number of hydrogen-bond acceptors (Lipinski definition) is 10. The first-order valence-corrected chi connectivity index (χ1v) is 11.2. The largest absolute Gasteiger partial charge is 0.458 e. The minimum Gasteiger partial charge on any atom is -0.458 e. The summed E-state index contributed by atoms with van der Waals surface area (Å²) in [6.45, 7) is 6.00. The number of fused-ring (bicyclic) bond motifs is 1. The van der Waals surface area contributed by atoms with E-state index in [1.54, 1.807) is 5.38 Å². The minimum atomic E-state index is -0.753. The van der Waals surface area contributed by atoms with Gasteiger partial charge in [0.25, 0.3) is 11.8 Å². The molecule has 0 saturated carbocycles. The first-order chi connectivity index (χ1) is 14.7. The zero-order valence-electron chi connectivity index (χ0n) is 17.5. The summed E-state index contributed by atoms with van der Waals surface area (Å²) in [5.41, 5.74) is 8.28. The number of hydrogen-bond donors (Lipinski definition) is 2. The van der Waals surface area contributed by atoms with Crippen LogP contribution in [0.4, 0.5) is 5.13 Å². The van der Waals surface area contributed by atoms with Crippen molar-refractivity contribution in [2.45, 2.75) is 32.2 Å². The average molecular weight is 466 g/mol. The van der Waals surface area contributed by atoms with Gasteiger partial charge in [-0.15, -0.1) is 23.1 Å². The van der Waals surface area contributed by atoms with Crippen LogP contribution in [-0.2, 0) is 24.0 Å². The molecule has 2 aliphatic rings. The lowest BCUT2D eigenvalue weighted by atomic mass is 10.1. The number of carbonyl (C=O) groups is 3. The number of nitrogens with one attached hydrogen (secondary N) is 1. The number of amides is 2. The van der Waals surface area contributed by atoms with Gasteiger partial charge in [-0.2, -0.15) is 0 Å². The Labute approximate surface area is 187 Å². The number of esters is 1. The lowest BCUT2D eigenvalue weighted by Crippen LogP contribution is -2.69. The van der Waals surface area contributed by atoms with Crippen molar-refractivity contribution in [2.24, 2.45) is 5.16 Å². The second kappa shape index (κ2) is 9.52. The topological polar surface area (TPSA) is 136 Å². The van der Waals surface area contributed by atoms with Gasteiger partial charge in [0.05, 0.1) is 5.57 Å². The third-order valence-electron chi connectivity index (χ3n) is 4.77. The van der Waals surface area contributed by atoms with E-state index in [1.165, 1.54) is 30.0 Å². The Bertz CT molecular complexity index is 996. The monoisotopic (exact) mass is 465 g/mol. The second-order valence-electron chi connectivity index (χ2n) is 7.10. The molecule has 0 bridgehead atoms. The highest BCUT2D eigenvalue weighted by Gasteiger charge is 2.50. The molecule has 3 heterocycles. The fraction of sp³-hybridized carbons (Fsp3) is 0.421. The number of nitrogen functional groups attached to an aromatic ring is 1. The molecule has 2 aliphatic heterocycles. The van der Waals surface area contributed by atoms with Gasteiger partial charge in [-0.25, -0.2) is 9.78 Å². The van der Waals surface area contributed by atoms with Crippen LogP contribution in [0, 0.1) is 0 Å². The van der Waals surface area contributed by atoms with Crippen molar-refractivity contribution in [3.63, 3.8) is 0 Å². The number of ether oxygens (including phenoxy) is 1. The van der Waals surface area contributed by atoms with Crippen LogP contribution in [-0.4, -0.2) is 64.3 Å². The third kappa shape index (κ3) is 4.90. The zero-order valence-corrected chi connectivity index (χ0v) is 19.1. The molecule has 2 atom stereocenters. The van der Waals surface area contributed by atoms with Crippen LogP contribution < -0.4 is 11.1 Å². The van der Waals surface area contributed by atoms with Crippen LogP contribution in [0.1, 0.15) is 26.5 Å². The van der Waals surface area contributed by atoms with E-state index in [0.717, 1.165) is 22.5 Å². The second-order valence-corrected chi connectivity index (χ2v) is 9.10. The highest BCUT2D eigenvalue weighted by atomic mass is 32.2. The Balaban J connectivity index is 1.63. The molecule has 1 saturated heterocycles. The Morgan fingerprint density at radius 2 is 2.13 bits per heavy atom. The van der Waals surface area contributed by atoms with Crippen molar-refractivity contribution in [1.82, 2.24) is 15.2 Å². The molecule has 2 amide bonds. The number of β-lactam (4-membered cyclic amide) rings is 1. The number of thiazole rings is 1. The maximum Gasteiger partial charge on any atom is 0.336 e. The van der Waals surface area contributed by atoms with Crippen LogP contribution in [0.2, 0.25) is 0 Å². The standard InChI is InChI=1S/C19H23N5O5S2/c1-9(2)10(3)6-29-18(27)11-5-24-16(26)14(17(24)30-7-11)22-15(25)13(23-28-4)12-8-31-19(20)21-12/h5,8,14,17H,6-7H2,1-4H3,(H2,20,21)(H,22,25)/t14?,17-/m1/s1. The fourth-order valence-electron chi connectivity index (χ4n) is 2.74. The quantitative estimate of drug-likeness (QED) is 0.202. The van der Waals surface area contributed by atoms with Crippen molar-refractivity contribution in [3.8, 4) is 0 Å². The Kier molecular flexibility index (Phi) is 7.01. The first-order valence-electron chi connectivity index (χ1n) is 9.30. The van der Waals surface area contributed by atoms with Crippen molar-refractivity contribution in [2.75, 3.05) is 25.2 Å². The van der Waals surface area contributed by atoms with Gasteiger partial charge in [0.1, 0.15) is 30.8 Å². The molecule has 1 unspecified atom stereocenters. The van der Waals surface area contributed by atoms with E-state index in [9.17, 15) is 14.4 Å². The lowest BCUT2D eigenvalue weighted by Gasteiger charge is -2.47. The number of allylic oxidation sites excluding steroid dienone is 1. The zero-order chi connectivity index (χ0) is 22.7. The fourth-order valence-corrected chi connectivity index (χ4v) is 4.53. The molecule has 0 aliphatic carbocycles. The number of anilines is 1. The lowest BCUT2D eigenvalue weighted by molar-refractivity contribution is -0.144. The SMILES string of the molecule is CON=C(C(=O)NC1C(=O)N2C=C(C(=O)OCC(C)=C(C)C)CS[C@H]12)c1csc(N)n1. The molecule has 0 radical (unpaired) electrons. The van der Waals surface area contributed by atoms with Gasteiger partial charge >= 0.3 is 5.97 Å². The average Bonchev–Trinajstić information content (AvgIpc) is 3.18. The highest BCUT2D eigenvalue weighted by Crippen LogP contribution is 2.36. The van der Waals surface area contributed by atoms with E-state index in [1.807, 2.05) is 20.8 Å². The molecule has 1 fully saturated rings. The number of nitrogens with two attached hydrogens (primary N) is 1. The molecular formula is C19H23N5O5S2. The molecule has 31 heavy (non-hydrogen) atoms. The smallest absolute Gasteiger partial charge is 0.336 e. The first kappa shape index (κ1) is 22.8. The van der Waals surface area contributed by atoms with Crippen molar-refractivity contribution >= 4 is 51.7 Å². The summed E-state index contributed by atoms with van der Waals surface area (Å²) in [7, 11) is 1.31. The molecular weight excluding hydrogens is 442 g/mol. The van der Waals surface area contributed by atoms with Crippen LogP contribution in [0.3, 0.4) is 0 Å². The number of aromatic nitrogens is 1. The van der Waals surface area contributed by atoms with Gasteiger partial charge < -0.3 is 25.5 Å². The number of oxime groups is 1. The van der Waals surface area contributed by atoms with Gasteiger partial charge in [-0.05, 0) is 26.3 Å². The molecule has 3 N–H and O–H groups in total. The normalized spacial score (nSPS) is 20.3. The van der Waals surface area contributed by atoms with E-state index in [-0.39, 0.29) is 34.4 Å². The van der Waals surface area contributed by atoms with Gasteiger partial charge in [0.15, 0.2) is 10.8 Å². The molecule has 0 aromatic carbocycles. The summed E-state index contributed by atoms with van der Waals surface area (Å²) in [6, 6.07) is -0.753. The van der Waals surface area contributed by atoms with E-state index < -0.39 is 17.9 Å². The molecule has 1 aromatic rings. The number of nitrogens with zero attached hydrogens (tertiary/aromatic N) is 3. The number of carbonyl (C=O) groups excluding carboxylic acids is 3. The summed E-state index contributed by atoms with van der Waals surface area (Å²) in [6.07, 6.45) is 1.50. The molecule has 3 rings (SSSR count). The van der Waals surface area contributed by atoms with Crippen LogP contribution in [0.15, 0.2) is 33.5 Å². The van der Waals surface area contributed by atoms with Gasteiger partial charge in [0.2, 0.25) is 0 Å². The molecule has 1 aromatic heterocycles. The summed E-state index contributed by atoms with van der Waals surface area (Å²) < 4.78 is 5.32. The highest BCUT2D eigenvalue weighted by molar-refractivity contribution is 8.00. The van der Waals surface area contributed by atoms with Crippen molar-refractivity contribution in [3.05, 3.63) is 34.0 Å². The minimum absolute atomic E-state index is 0.0723. The molecule has 10 nitrogen and oxygen atoms in total. The summed E-state index contributed by atoms with van der Waals surface area (Å²) >= 11 is 2.53.